The lowest BCUT2D eigenvalue weighted by atomic mass is 10.1. The van der Waals surface area contributed by atoms with E-state index in [2.05, 4.69) is 0 Å². The number of phenolic OH excluding ortho intramolecular Hbond substituents is 1. The van der Waals surface area contributed by atoms with Crippen molar-refractivity contribution >= 4 is 0 Å². The first-order valence-corrected chi connectivity index (χ1v) is 4.53. The zero-order chi connectivity index (χ0) is 9.97. The van der Waals surface area contributed by atoms with Crippen LogP contribution in [0, 0.1) is 0 Å². The molecule has 0 aromatic heterocycles. The van der Waals surface area contributed by atoms with Crippen molar-refractivity contribution in [2.45, 2.75) is 12.8 Å². The number of hydrogen-bond donors (Lipinski definition) is 2. The van der Waals surface area contributed by atoms with Gasteiger partial charge in [-0.05, 0) is 24.5 Å². The van der Waals surface area contributed by atoms with E-state index in [0.717, 1.165) is 5.56 Å². The first-order chi connectivity index (χ1) is 6.81. The highest BCUT2D eigenvalue weighted by Crippen LogP contribution is 2.37. The molecule has 1 aromatic rings. The number of aromatic hydroxyl groups is 1. The molecule has 0 saturated heterocycles. The molecule has 4 heteroatoms. The quantitative estimate of drug-likeness (QED) is 0.758. The molecule has 1 aromatic carbocycles. The SMILES string of the molecule is OCCCc1cc2c(cc1O)OCO2. The molecule has 76 valence electrons. The summed E-state index contributed by atoms with van der Waals surface area (Å²) in [7, 11) is 0. The first kappa shape index (κ1) is 9.15. The Balaban J connectivity index is 2.23. The van der Waals surface area contributed by atoms with E-state index in [1.165, 1.54) is 0 Å². The number of aliphatic hydroxyl groups excluding tert-OH is 1. The summed E-state index contributed by atoms with van der Waals surface area (Å²) in [5.41, 5.74) is 0.781. The molecule has 0 amide bonds. The van der Waals surface area contributed by atoms with Crippen molar-refractivity contribution in [1.29, 1.82) is 0 Å². The van der Waals surface area contributed by atoms with Crippen LogP contribution in [0.4, 0.5) is 0 Å². The van der Waals surface area contributed by atoms with Crippen LogP contribution in [0.5, 0.6) is 17.2 Å². The van der Waals surface area contributed by atoms with E-state index in [-0.39, 0.29) is 19.1 Å². The summed E-state index contributed by atoms with van der Waals surface area (Å²) in [5, 5.41) is 18.3. The van der Waals surface area contributed by atoms with Crippen LogP contribution in [0.15, 0.2) is 12.1 Å². The van der Waals surface area contributed by atoms with Crippen molar-refractivity contribution < 1.29 is 19.7 Å². The van der Waals surface area contributed by atoms with Gasteiger partial charge in [-0.3, -0.25) is 0 Å². The van der Waals surface area contributed by atoms with Gasteiger partial charge in [0.15, 0.2) is 11.5 Å². The van der Waals surface area contributed by atoms with E-state index in [1.807, 2.05) is 0 Å². The van der Waals surface area contributed by atoms with Crippen molar-refractivity contribution in [3.63, 3.8) is 0 Å². The molecule has 2 rings (SSSR count). The second kappa shape index (κ2) is 3.75. The molecule has 0 unspecified atom stereocenters. The Labute approximate surface area is 81.7 Å². The molecule has 0 spiro atoms. The second-order valence-corrected chi connectivity index (χ2v) is 3.16. The normalized spacial score (nSPS) is 13.2. The molecule has 0 radical (unpaired) electrons. The Hall–Kier alpha value is -1.42. The maximum absolute atomic E-state index is 9.58. The molecule has 1 heterocycles. The van der Waals surface area contributed by atoms with Crippen LogP contribution in [0.1, 0.15) is 12.0 Å². The third kappa shape index (κ3) is 1.61. The van der Waals surface area contributed by atoms with Crippen LogP contribution < -0.4 is 9.47 Å². The van der Waals surface area contributed by atoms with E-state index >= 15 is 0 Å². The number of hydrogen-bond acceptors (Lipinski definition) is 4. The van der Waals surface area contributed by atoms with Crippen LogP contribution in [0.25, 0.3) is 0 Å². The van der Waals surface area contributed by atoms with Crippen molar-refractivity contribution in [2.75, 3.05) is 13.4 Å². The van der Waals surface area contributed by atoms with Gasteiger partial charge in [0.1, 0.15) is 5.75 Å². The monoisotopic (exact) mass is 196 g/mol. The van der Waals surface area contributed by atoms with Crippen molar-refractivity contribution in [1.82, 2.24) is 0 Å². The highest BCUT2D eigenvalue weighted by Gasteiger charge is 2.16. The fourth-order valence-corrected chi connectivity index (χ4v) is 1.44. The molecular formula is C10H12O4. The molecule has 0 bridgehead atoms. The third-order valence-electron chi connectivity index (χ3n) is 2.18. The van der Waals surface area contributed by atoms with E-state index in [4.69, 9.17) is 14.6 Å². The molecule has 1 aliphatic heterocycles. The van der Waals surface area contributed by atoms with Crippen LogP contribution in [0.3, 0.4) is 0 Å². The van der Waals surface area contributed by atoms with Gasteiger partial charge in [0.25, 0.3) is 0 Å². The zero-order valence-corrected chi connectivity index (χ0v) is 7.69. The third-order valence-corrected chi connectivity index (χ3v) is 2.18. The Kier molecular flexibility index (Phi) is 2.45. The van der Waals surface area contributed by atoms with Crippen LogP contribution >= 0.6 is 0 Å². The fraction of sp³-hybridized carbons (Fsp3) is 0.400. The van der Waals surface area contributed by atoms with Crippen LogP contribution in [-0.2, 0) is 6.42 Å². The highest BCUT2D eigenvalue weighted by molar-refractivity contribution is 5.51. The fourth-order valence-electron chi connectivity index (χ4n) is 1.44. The van der Waals surface area contributed by atoms with E-state index in [0.29, 0.717) is 24.3 Å². The summed E-state index contributed by atoms with van der Waals surface area (Å²) in [6, 6.07) is 3.31. The Bertz CT molecular complexity index is 335. The first-order valence-electron chi connectivity index (χ1n) is 4.53. The Morgan fingerprint density at radius 3 is 2.64 bits per heavy atom. The van der Waals surface area contributed by atoms with Gasteiger partial charge in [-0.1, -0.05) is 0 Å². The van der Waals surface area contributed by atoms with Gasteiger partial charge in [-0.2, -0.15) is 0 Å². The van der Waals surface area contributed by atoms with Crippen molar-refractivity contribution in [3.05, 3.63) is 17.7 Å². The molecule has 1 aliphatic rings. The number of rotatable bonds is 3. The van der Waals surface area contributed by atoms with Crippen LogP contribution in [0.2, 0.25) is 0 Å². The molecule has 14 heavy (non-hydrogen) atoms. The maximum atomic E-state index is 9.58. The Morgan fingerprint density at radius 1 is 1.21 bits per heavy atom. The largest absolute Gasteiger partial charge is 0.508 e. The summed E-state index contributed by atoms with van der Waals surface area (Å²) < 4.78 is 10.3. The summed E-state index contributed by atoms with van der Waals surface area (Å²) in [6.45, 7) is 0.326. The highest BCUT2D eigenvalue weighted by atomic mass is 16.7. The lowest BCUT2D eigenvalue weighted by molar-refractivity contribution is 0.174. The molecule has 2 N–H and O–H groups in total. The van der Waals surface area contributed by atoms with E-state index in [1.54, 1.807) is 12.1 Å². The van der Waals surface area contributed by atoms with Gasteiger partial charge in [-0.25, -0.2) is 0 Å². The average molecular weight is 196 g/mol. The number of aryl methyl sites for hydroxylation is 1. The van der Waals surface area contributed by atoms with E-state index in [9.17, 15) is 5.11 Å². The molecule has 0 fully saturated rings. The second-order valence-electron chi connectivity index (χ2n) is 3.16. The number of ether oxygens (including phenoxy) is 2. The zero-order valence-electron chi connectivity index (χ0n) is 7.69. The maximum Gasteiger partial charge on any atom is 0.231 e. The van der Waals surface area contributed by atoms with Crippen LogP contribution in [-0.4, -0.2) is 23.6 Å². The van der Waals surface area contributed by atoms with Gasteiger partial charge in [-0.15, -0.1) is 0 Å². The average Bonchev–Trinajstić information content (AvgIpc) is 2.61. The summed E-state index contributed by atoms with van der Waals surface area (Å²) in [4.78, 5) is 0. The van der Waals surface area contributed by atoms with Gasteiger partial charge in [0, 0.05) is 12.7 Å². The number of phenols is 1. The lowest BCUT2D eigenvalue weighted by Gasteiger charge is -2.04. The minimum Gasteiger partial charge on any atom is -0.508 e. The summed E-state index contributed by atoms with van der Waals surface area (Å²) in [6.07, 6.45) is 1.27. The Morgan fingerprint density at radius 2 is 1.93 bits per heavy atom. The van der Waals surface area contributed by atoms with Crippen molar-refractivity contribution in [3.8, 4) is 17.2 Å². The van der Waals surface area contributed by atoms with E-state index < -0.39 is 0 Å². The summed E-state index contributed by atoms with van der Waals surface area (Å²) in [5.74, 6) is 1.44. The minimum atomic E-state index is 0.119. The molecular weight excluding hydrogens is 184 g/mol. The van der Waals surface area contributed by atoms with Gasteiger partial charge in [0.05, 0.1) is 0 Å². The summed E-state index contributed by atoms with van der Waals surface area (Å²) >= 11 is 0. The number of aliphatic hydroxyl groups is 1. The molecule has 0 atom stereocenters. The predicted molar refractivity (Wildman–Crippen MR) is 49.6 cm³/mol. The molecule has 0 saturated carbocycles. The lowest BCUT2D eigenvalue weighted by Crippen LogP contribution is -1.93. The molecule has 0 aliphatic carbocycles. The number of fused-ring (bicyclic) bond motifs is 1. The predicted octanol–water partition coefficient (Wildman–Crippen LogP) is 1.05. The van der Waals surface area contributed by atoms with Gasteiger partial charge >= 0.3 is 0 Å². The van der Waals surface area contributed by atoms with Crippen molar-refractivity contribution in [2.24, 2.45) is 0 Å². The number of benzene rings is 1. The topological polar surface area (TPSA) is 58.9 Å². The standard InChI is InChI=1S/C10H12O4/c11-3-1-2-7-4-9-10(5-8(7)12)14-6-13-9/h4-5,11-12H,1-3,6H2. The van der Waals surface area contributed by atoms with Gasteiger partial charge in [0.2, 0.25) is 6.79 Å². The smallest absolute Gasteiger partial charge is 0.231 e. The minimum absolute atomic E-state index is 0.119. The van der Waals surface area contributed by atoms with Gasteiger partial charge < -0.3 is 19.7 Å². The molecule has 4 nitrogen and oxygen atoms in total.